The molecule has 372 valence electrons. The third kappa shape index (κ3) is 33.7. The molecule has 13 heteroatoms. The fraction of sp³-hybridized carbons (Fsp3) is 0.900. The third-order valence-corrected chi connectivity index (χ3v) is 12.7. The molecule has 63 heavy (non-hydrogen) atoms. The number of aliphatic hydroxyl groups is 4. The normalized spacial score (nSPS) is 20.5. The quantitative estimate of drug-likeness (QED) is 0.0194. The van der Waals surface area contributed by atoms with Gasteiger partial charge in [-0.2, -0.15) is 8.42 Å². The van der Waals surface area contributed by atoms with E-state index in [1.807, 2.05) is 6.08 Å². The number of aliphatic hydroxyl groups excluding tert-OH is 4. The van der Waals surface area contributed by atoms with Crippen molar-refractivity contribution in [1.29, 1.82) is 0 Å². The smallest absolute Gasteiger partial charge is 0.394 e. The first kappa shape index (κ1) is 59.6. The van der Waals surface area contributed by atoms with Gasteiger partial charge in [-0.3, -0.25) is 9.35 Å². The van der Waals surface area contributed by atoms with Crippen molar-refractivity contribution < 1.29 is 51.8 Å². The molecule has 0 saturated carbocycles. The number of nitrogens with one attached hydrogen (secondary N) is 1. The minimum atomic E-state index is -5.09. The van der Waals surface area contributed by atoms with Gasteiger partial charge in [-0.05, 0) is 44.9 Å². The molecule has 1 aliphatic heterocycles. The average Bonchev–Trinajstić information content (AvgIpc) is 3.25. The minimum Gasteiger partial charge on any atom is -0.394 e. The number of rotatable bonds is 44. The highest BCUT2D eigenvalue weighted by Crippen LogP contribution is 2.26. The predicted molar refractivity (Wildman–Crippen MR) is 255 cm³/mol. The average molecular weight is 918 g/mol. The van der Waals surface area contributed by atoms with Crippen LogP contribution in [0.1, 0.15) is 232 Å². The van der Waals surface area contributed by atoms with Crippen LogP contribution in [0.4, 0.5) is 0 Å². The van der Waals surface area contributed by atoms with Crippen molar-refractivity contribution in [3.63, 3.8) is 0 Å². The van der Waals surface area contributed by atoms with Crippen LogP contribution in [0.25, 0.3) is 0 Å². The van der Waals surface area contributed by atoms with E-state index in [4.69, 9.17) is 9.47 Å². The lowest BCUT2D eigenvalue weighted by Gasteiger charge is -2.41. The molecule has 0 aromatic rings. The molecule has 0 aromatic carbocycles. The second-order valence-electron chi connectivity index (χ2n) is 18.1. The number of unbranched alkanes of at least 4 members (excludes halogenated alkanes) is 30. The highest BCUT2D eigenvalue weighted by molar-refractivity contribution is 7.80. The zero-order chi connectivity index (χ0) is 46.2. The van der Waals surface area contributed by atoms with Crippen molar-refractivity contribution in [1.82, 2.24) is 5.32 Å². The molecule has 1 amide bonds. The van der Waals surface area contributed by atoms with Gasteiger partial charge >= 0.3 is 10.4 Å². The van der Waals surface area contributed by atoms with Crippen molar-refractivity contribution in [2.75, 3.05) is 13.2 Å². The first-order chi connectivity index (χ1) is 30.5. The lowest BCUT2D eigenvalue weighted by Crippen LogP contribution is -2.61. The monoisotopic (exact) mass is 918 g/mol. The number of amides is 1. The Hall–Kier alpha value is -1.42. The molecule has 12 nitrogen and oxygen atoms in total. The number of ether oxygens (including phenoxy) is 2. The van der Waals surface area contributed by atoms with E-state index in [9.17, 15) is 38.2 Å². The Morgan fingerprint density at radius 1 is 0.619 bits per heavy atom. The van der Waals surface area contributed by atoms with Gasteiger partial charge in [-0.1, -0.05) is 205 Å². The van der Waals surface area contributed by atoms with Gasteiger partial charge in [0, 0.05) is 6.42 Å². The topological polar surface area (TPSA) is 192 Å². The van der Waals surface area contributed by atoms with Crippen molar-refractivity contribution >= 4 is 16.3 Å². The fourth-order valence-corrected chi connectivity index (χ4v) is 8.72. The summed E-state index contributed by atoms with van der Waals surface area (Å²) in [6, 6.07) is -0.944. The standard InChI is InChI=1S/C50H95NO11S/c1-3-5-7-9-11-13-15-17-19-20-21-22-23-24-25-26-28-30-32-34-36-38-40-46(54)51-43(42-60-50-48(56)49(62-63(57,58)59)47(55)45(41-52)61-50)44(53)39-37-35-33-31-29-27-18-16-14-12-10-8-6-4-2/h23-24,37,39,43-45,47-50,52-53,55-56H,3-22,25-36,38,40-42H2,1-2H3,(H,51,54)(H,57,58,59)/b24-23-,39-37+. The van der Waals surface area contributed by atoms with Crippen LogP contribution in [-0.4, -0.2) is 95.4 Å². The highest BCUT2D eigenvalue weighted by Gasteiger charge is 2.48. The maximum atomic E-state index is 13.1. The van der Waals surface area contributed by atoms with Crippen molar-refractivity contribution in [3.8, 4) is 0 Å². The molecule has 1 aliphatic rings. The lowest BCUT2D eigenvalue weighted by molar-refractivity contribution is -0.298. The molecule has 1 heterocycles. The number of hydrogen-bond donors (Lipinski definition) is 6. The third-order valence-electron chi connectivity index (χ3n) is 12.2. The van der Waals surface area contributed by atoms with Crippen LogP contribution >= 0.6 is 0 Å². The summed E-state index contributed by atoms with van der Waals surface area (Å²) in [6.45, 7) is 3.40. The Balaban J connectivity index is 2.43. The van der Waals surface area contributed by atoms with E-state index in [0.717, 1.165) is 44.9 Å². The highest BCUT2D eigenvalue weighted by atomic mass is 32.3. The second kappa shape index (κ2) is 40.8. The van der Waals surface area contributed by atoms with Crippen molar-refractivity contribution in [3.05, 3.63) is 24.3 Å². The SMILES string of the molecule is CCCCCCCCCCCCC/C=C\CCCCCCCCCC(=O)NC(COC1OC(CO)C(O)C(OS(=O)(=O)O)C1O)C(O)/C=C/CCCCCCCCCCCCCC. The summed E-state index contributed by atoms with van der Waals surface area (Å²) in [7, 11) is -5.09. The van der Waals surface area contributed by atoms with Gasteiger partial charge in [-0.15, -0.1) is 0 Å². The molecule has 1 fully saturated rings. The molecule has 1 rings (SSSR count). The van der Waals surface area contributed by atoms with E-state index in [1.54, 1.807) is 6.08 Å². The minimum absolute atomic E-state index is 0.265. The maximum absolute atomic E-state index is 13.1. The Bertz CT molecular complexity index is 1220. The predicted octanol–water partition coefficient (Wildman–Crippen LogP) is 10.9. The Labute approximate surface area is 384 Å². The molecule has 0 radical (unpaired) electrons. The van der Waals surface area contributed by atoms with E-state index < -0.39 is 59.9 Å². The van der Waals surface area contributed by atoms with Gasteiger partial charge < -0.3 is 35.2 Å². The van der Waals surface area contributed by atoms with Crippen molar-refractivity contribution in [2.45, 2.75) is 275 Å². The van der Waals surface area contributed by atoms with Crippen LogP contribution in [0.5, 0.6) is 0 Å². The number of allylic oxidation sites excluding steroid dienone is 3. The van der Waals surface area contributed by atoms with Gasteiger partial charge in [0.25, 0.3) is 0 Å². The van der Waals surface area contributed by atoms with Crippen LogP contribution < -0.4 is 5.32 Å². The maximum Gasteiger partial charge on any atom is 0.397 e. The van der Waals surface area contributed by atoms with Gasteiger partial charge in [-0.25, -0.2) is 4.18 Å². The zero-order valence-electron chi connectivity index (χ0n) is 39.9. The Kier molecular flexibility index (Phi) is 38.6. The van der Waals surface area contributed by atoms with E-state index in [1.165, 1.54) is 161 Å². The molecule has 6 N–H and O–H groups in total. The van der Waals surface area contributed by atoms with Gasteiger partial charge in [0.05, 0.1) is 25.4 Å². The van der Waals surface area contributed by atoms with E-state index >= 15 is 0 Å². The van der Waals surface area contributed by atoms with Crippen LogP contribution in [0.15, 0.2) is 24.3 Å². The molecule has 0 aromatic heterocycles. The summed E-state index contributed by atoms with van der Waals surface area (Å²) >= 11 is 0. The number of hydrogen-bond acceptors (Lipinski definition) is 10. The van der Waals surface area contributed by atoms with Crippen molar-refractivity contribution in [2.24, 2.45) is 0 Å². The Morgan fingerprint density at radius 3 is 1.43 bits per heavy atom. The van der Waals surface area contributed by atoms with Crippen LogP contribution in [0, 0.1) is 0 Å². The summed E-state index contributed by atoms with van der Waals surface area (Å²) in [5.74, 6) is -0.265. The first-order valence-corrected chi connectivity index (χ1v) is 27.1. The number of carbonyl (C=O) groups is 1. The second-order valence-corrected chi connectivity index (χ2v) is 19.2. The summed E-state index contributed by atoms with van der Waals surface area (Å²) in [4.78, 5) is 13.1. The Morgan fingerprint density at radius 2 is 1.02 bits per heavy atom. The number of carbonyl (C=O) groups excluding carboxylic acids is 1. The van der Waals surface area contributed by atoms with Crippen LogP contribution in [0.2, 0.25) is 0 Å². The fourth-order valence-electron chi connectivity index (χ4n) is 8.21. The first-order valence-electron chi connectivity index (χ1n) is 25.7. The summed E-state index contributed by atoms with van der Waals surface area (Å²) in [5, 5.41) is 44.8. The van der Waals surface area contributed by atoms with Gasteiger partial charge in [0.2, 0.25) is 5.91 Å². The molecule has 1 saturated heterocycles. The summed E-state index contributed by atoms with van der Waals surface area (Å²) in [6.07, 6.45) is 39.3. The van der Waals surface area contributed by atoms with Crippen LogP contribution in [0.3, 0.4) is 0 Å². The molecular formula is C50H95NO11S. The molecule has 0 bridgehead atoms. The lowest BCUT2D eigenvalue weighted by atomic mass is 9.99. The largest absolute Gasteiger partial charge is 0.397 e. The molecule has 0 aliphatic carbocycles. The van der Waals surface area contributed by atoms with Gasteiger partial charge in [0.1, 0.15) is 24.4 Å². The summed E-state index contributed by atoms with van der Waals surface area (Å²) in [5.41, 5.74) is 0. The van der Waals surface area contributed by atoms with E-state index in [-0.39, 0.29) is 18.9 Å². The van der Waals surface area contributed by atoms with Gasteiger partial charge in [0.15, 0.2) is 6.29 Å². The van der Waals surface area contributed by atoms with Crippen LogP contribution in [-0.2, 0) is 28.9 Å². The molecule has 7 atom stereocenters. The molecule has 0 spiro atoms. The molecule has 7 unspecified atom stereocenters. The molecular weight excluding hydrogens is 823 g/mol. The van der Waals surface area contributed by atoms with E-state index in [2.05, 4.69) is 35.5 Å². The zero-order valence-corrected chi connectivity index (χ0v) is 40.7. The van der Waals surface area contributed by atoms with E-state index in [0.29, 0.717) is 6.42 Å². The summed E-state index contributed by atoms with van der Waals surface area (Å²) < 4.78 is 47.7.